The lowest BCUT2D eigenvalue weighted by molar-refractivity contribution is 0.0518. The number of hydrogen-bond donors (Lipinski definition) is 0. The fourth-order valence-electron chi connectivity index (χ4n) is 3.25. The summed E-state index contributed by atoms with van der Waals surface area (Å²) in [5, 5.41) is 12.8. The molecule has 4 rings (SSSR count). The molecule has 0 amide bonds. The minimum absolute atomic E-state index is 0.750. The van der Waals surface area contributed by atoms with Gasteiger partial charge in [-0.3, -0.25) is 4.48 Å². The second-order valence-electron chi connectivity index (χ2n) is 6.14. The SMILES string of the molecule is C[N+]1(c2c([C]3[CH][CH][CH][CH]3)nnnc2[C]2[CH][CH][CH][CH]2)CCOCC1. The largest absolute Gasteiger partial charge is 0.370 e. The molecule has 0 N–H and O–H groups in total. The van der Waals surface area contributed by atoms with E-state index in [1.807, 2.05) is 25.7 Å². The van der Waals surface area contributed by atoms with Gasteiger partial charge in [-0.15, -0.1) is 10.2 Å². The van der Waals surface area contributed by atoms with Crippen molar-refractivity contribution in [1.82, 2.24) is 19.9 Å². The zero-order chi connectivity index (χ0) is 15.7. The van der Waals surface area contributed by atoms with Gasteiger partial charge in [0, 0.05) is 11.8 Å². The fourth-order valence-corrected chi connectivity index (χ4v) is 3.25. The van der Waals surface area contributed by atoms with Gasteiger partial charge in [-0.1, -0.05) is 0 Å². The topological polar surface area (TPSA) is 47.9 Å². The Morgan fingerprint density at radius 3 is 1.78 bits per heavy atom. The van der Waals surface area contributed by atoms with Crippen LogP contribution in [0.2, 0.25) is 0 Å². The summed E-state index contributed by atoms with van der Waals surface area (Å²) in [5.41, 5.74) is 2.98. The quantitative estimate of drug-likeness (QED) is 0.791. The molecule has 0 aromatic carbocycles. The molecular weight excluding hydrogens is 288 g/mol. The van der Waals surface area contributed by atoms with Crippen molar-refractivity contribution in [3.63, 3.8) is 0 Å². The van der Waals surface area contributed by atoms with Crippen molar-refractivity contribution in [3.05, 3.63) is 74.6 Å². The van der Waals surface area contributed by atoms with Crippen molar-refractivity contribution >= 4 is 5.69 Å². The third-order valence-electron chi connectivity index (χ3n) is 4.61. The van der Waals surface area contributed by atoms with Gasteiger partial charge < -0.3 is 4.74 Å². The first-order valence-corrected chi connectivity index (χ1v) is 7.88. The summed E-state index contributed by atoms with van der Waals surface area (Å²) in [6, 6.07) is 0. The maximum atomic E-state index is 5.58. The summed E-state index contributed by atoms with van der Waals surface area (Å²) in [6.45, 7) is 3.32. The average molecular weight is 307 g/mol. The van der Waals surface area contributed by atoms with Gasteiger partial charge >= 0.3 is 0 Å². The molecule has 2 saturated carbocycles. The zero-order valence-corrected chi connectivity index (χ0v) is 13.1. The Hall–Kier alpha value is -1.07. The van der Waals surface area contributed by atoms with E-state index in [1.54, 1.807) is 0 Å². The minimum atomic E-state index is 0.750. The first kappa shape index (κ1) is 15.5. The summed E-state index contributed by atoms with van der Waals surface area (Å²) in [6.07, 6.45) is 16.4. The number of quaternary nitrogens is 1. The van der Waals surface area contributed by atoms with E-state index in [1.165, 1.54) is 0 Å². The van der Waals surface area contributed by atoms with Gasteiger partial charge in [-0.2, -0.15) is 0 Å². The first-order valence-electron chi connectivity index (χ1n) is 7.88. The van der Waals surface area contributed by atoms with Crippen molar-refractivity contribution in [3.8, 4) is 0 Å². The van der Waals surface area contributed by atoms with Crippen LogP contribution in [0.4, 0.5) is 5.69 Å². The number of morpholine rings is 1. The van der Waals surface area contributed by atoms with Gasteiger partial charge in [0.25, 0.3) is 0 Å². The molecule has 2 heterocycles. The van der Waals surface area contributed by atoms with Gasteiger partial charge in [0.15, 0.2) is 5.69 Å². The Morgan fingerprint density at radius 2 is 1.30 bits per heavy atom. The summed E-state index contributed by atoms with van der Waals surface area (Å²) in [5.74, 6) is 2.18. The lowest BCUT2D eigenvalue weighted by atomic mass is 9.94. The van der Waals surface area contributed by atoms with Crippen LogP contribution >= 0.6 is 0 Å². The molecule has 10 radical (unpaired) electrons. The van der Waals surface area contributed by atoms with Crippen LogP contribution < -0.4 is 4.48 Å². The number of nitrogens with zero attached hydrogens (tertiary/aromatic N) is 4. The van der Waals surface area contributed by atoms with Gasteiger partial charge in [-0.25, -0.2) is 0 Å². The van der Waals surface area contributed by atoms with E-state index < -0.39 is 0 Å². The molecule has 5 heteroatoms. The van der Waals surface area contributed by atoms with Crippen LogP contribution in [0.25, 0.3) is 0 Å². The molecular formula is C18H19N4O+. The molecule has 0 bridgehead atoms. The average Bonchev–Trinajstić information content (AvgIpc) is 3.28. The Morgan fingerprint density at radius 1 is 0.826 bits per heavy atom. The highest BCUT2D eigenvalue weighted by Gasteiger charge is 2.41. The normalized spacial score (nSPS) is 26.0. The van der Waals surface area contributed by atoms with Gasteiger partial charge in [0.05, 0.1) is 20.3 Å². The van der Waals surface area contributed by atoms with Crippen molar-refractivity contribution in [1.29, 1.82) is 0 Å². The molecule has 3 fully saturated rings. The van der Waals surface area contributed by atoms with E-state index in [0.29, 0.717) is 0 Å². The number of likely N-dealkylation sites (N-methyl/N-ethyl adjacent to an activating group) is 1. The molecule has 1 aromatic rings. The summed E-state index contributed by atoms with van der Waals surface area (Å²) >= 11 is 0. The highest BCUT2D eigenvalue weighted by molar-refractivity contribution is 5.67. The first-order chi connectivity index (χ1) is 11.3. The third kappa shape index (κ3) is 2.89. The highest BCUT2D eigenvalue weighted by Crippen LogP contribution is 2.42. The summed E-state index contributed by atoms with van der Waals surface area (Å²) in [4.78, 5) is 0. The van der Waals surface area contributed by atoms with Gasteiger partial charge in [0.2, 0.25) is 0 Å². The molecule has 3 aliphatic rings. The Balaban J connectivity index is 1.80. The molecule has 1 aliphatic heterocycles. The second-order valence-corrected chi connectivity index (χ2v) is 6.14. The molecule has 116 valence electrons. The van der Waals surface area contributed by atoms with E-state index in [4.69, 9.17) is 4.74 Å². The monoisotopic (exact) mass is 307 g/mol. The van der Waals surface area contributed by atoms with Crippen LogP contribution in [-0.4, -0.2) is 48.8 Å². The molecule has 23 heavy (non-hydrogen) atoms. The molecule has 0 atom stereocenters. The zero-order valence-electron chi connectivity index (χ0n) is 13.1. The Kier molecular flexibility index (Phi) is 4.33. The van der Waals surface area contributed by atoms with E-state index in [2.05, 4.69) is 48.1 Å². The number of hydrogen-bond acceptors (Lipinski definition) is 4. The van der Waals surface area contributed by atoms with Crippen LogP contribution in [-0.2, 0) is 4.74 Å². The predicted octanol–water partition coefficient (Wildman–Crippen LogP) is 1.35. The molecule has 2 aliphatic carbocycles. The third-order valence-corrected chi connectivity index (χ3v) is 4.61. The molecule has 1 aromatic heterocycles. The molecule has 5 nitrogen and oxygen atoms in total. The predicted molar refractivity (Wildman–Crippen MR) is 87.2 cm³/mol. The van der Waals surface area contributed by atoms with Crippen molar-refractivity contribution < 1.29 is 4.74 Å². The maximum absolute atomic E-state index is 5.58. The summed E-state index contributed by atoms with van der Waals surface area (Å²) < 4.78 is 6.34. The highest BCUT2D eigenvalue weighted by atomic mass is 16.5. The van der Waals surface area contributed by atoms with Gasteiger partial charge in [0.1, 0.15) is 24.5 Å². The van der Waals surface area contributed by atoms with E-state index in [-0.39, 0.29) is 0 Å². The lowest BCUT2D eigenvalue weighted by Crippen LogP contribution is -2.54. The Labute approximate surface area is 139 Å². The van der Waals surface area contributed by atoms with Gasteiger partial charge in [-0.05, 0) is 56.6 Å². The smallest absolute Gasteiger partial charge is 0.181 e. The Bertz CT molecular complexity index is 510. The van der Waals surface area contributed by atoms with Crippen molar-refractivity contribution in [2.45, 2.75) is 0 Å². The summed E-state index contributed by atoms with van der Waals surface area (Å²) in [7, 11) is 2.24. The van der Waals surface area contributed by atoms with Crippen LogP contribution in [0.15, 0.2) is 0 Å². The molecule has 1 saturated heterocycles. The van der Waals surface area contributed by atoms with E-state index in [9.17, 15) is 0 Å². The molecule has 0 unspecified atom stereocenters. The standard InChI is InChI=1S/C18H19N4O/c1-22(10-12-23-13-11-22)18-16(14-6-2-3-7-14)19-21-20-17(18)15-8-4-5-9-15/h2-9H,10-13H2,1H3/q+1. The fraction of sp³-hybridized carbons (Fsp3) is 0.278. The van der Waals surface area contributed by atoms with Crippen LogP contribution in [0, 0.1) is 63.2 Å². The van der Waals surface area contributed by atoms with Crippen LogP contribution in [0.1, 0.15) is 11.4 Å². The van der Waals surface area contributed by atoms with Crippen molar-refractivity contribution in [2.75, 3.05) is 33.4 Å². The lowest BCUT2D eigenvalue weighted by Gasteiger charge is -2.39. The van der Waals surface area contributed by atoms with Crippen LogP contribution in [0.5, 0.6) is 0 Å². The second kappa shape index (κ2) is 6.44. The van der Waals surface area contributed by atoms with Crippen LogP contribution in [0.3, 0.4) is 0 Å². The molecule has 0 spiro atoms. The van der Waals surface area contributed by atoms with E-state index >= 15 is 0 Å². The maximum Gasteiger partial charge on any atom is 0.181 e. The minimum Gasteiger partial charge on any atom is -0.370 e. The van der Waals surface area contributed by atoms with Crippen molar-refractivity contribution in [2.24, 2.45) is 0 Å². The number of aromatic nitrogens is 3. The van der Waals surface area contributed by atoms with E-state index in [0.717, 1.165) is 59.7 Å². The number of rotatable bonds is 3. The number of ether oxygens (including phenoxy) is 1.